The molecule has 5 rings (SSSR count). The van der Waals surface area contributed by atoms with Crippen molar-refractivity contribution in [2.24, 2.45) is 0 Å². The molecule has 4 aromatic rings. The fourth-order valence-electron chi connectivity index (χ4n) is 4.43. The normalized spacial score (nSPS) is 15.6. The number of hydrogen-bond acceptors (Lipinski definition) is 6. The van der Waals surface area contributed by atoms with Crippen molar-refractivity contribution in [2.45, 2.75) is 13.0 Å². The summed E-state index contributed by atoms with van der Waals surface area (Å²) in [7, 11) is 1.64. The van der Waals surface area contributed by atoms with Gasteiger partial charge in [0.15, 0.2) is 0 Å². The summed E-state index contributed by atoms with van der Waals surface area (Å²) in [6.45, 7) is 4.34. The number of aryl methyl sites for hydroxylation is 1. The minimum Gasteiger partial charge on any atom is -0.497 e. The van der Waals surface area contributed by atoms with Gasteiger partial charge in [-0.2, -0.15) is 0 Å². The molecule has 35 heavy (non-hydrogen) atoms. The van der Waals surface area contributed by atoms with Crippen LogP contribution in [0, 0.1) is 6.92 Å². The van der Waals surface area contributed by atoms with Crippen molar-refractivity contribution in [1.29, 1.82) is 0 Å². The van der Waals surface area contributed by atoms with E-state index >= 15 is 0 Å². The number of aromatic nitrogens is 2. The average Bonchev–Trinajstić information content (AvgIpc) is 2.93. The van der Waals surface area contributed by atoms with E-state index in [0.717, 1.165) is 42.3 Å². The lowest BCUT2D eigenvalue weighted by Crippen LogP contribution is -2.46. The molecule has 6 heteroatoms. The number of anilines is 1. The van der Waals surface area contributed by atoms with E-state index in [2.05, 4.69) is 39.5 Å². The molecule has 2 aromatic heterocycles. The van der Waals surface area contributed by atoms with Crippen LogP contribution in [-0.4, -0.2) is 42.5 Å². The van der Waals surface area contributed by atoms with Crippen LogP contribution < -0.4 is 15.0 Å². The first-order valence-corrected chi connectivity index (χ1v) is 11.8. The number of piperazine rings is 1. The molecule has 1 atom stereocenters. The quantitative estimate of drug-likeness (QED) is 0.412. The van der Waals surface area contributed by atoms with E-state index in [9.17, 15) is 4.79 Å². The largest absolute Gasteiger partial charge is 0.497 e. The van der Waals surface area contributed by atoms with Gasteiger partial charge in [0.25, 0.3) is 0 Å². The van der Waals surface area contributed by atoms with Gasteiger partial charge >= 0.3 is 0 Å². The summed E-state index contributed by atoms with van der Waals surface area (Å²) >= 11 is 0. The van der Waals surface area contributed by atoms with Crippen molar-refractivity contribution in [3.63, 3.8) is 0 Å². The maximum atomic E-state index is 13.5. The molecular weight excluding hydrogens is 436 g/mol. The molecule has 0 aliphatic carbocycles. The van der Waals surface area contributed by atoms with Crippen molar-refractivity contribution in [3.8, 4) is 16.9 Å². The Labute approximate surface area is 205 Å². The van der Waals surface area contributed by atoms with Crippen LogP contribution in [-0.2, 0) is 0 Å². The summed E-state index contributed by atoms with van der Waals surface area (Å²) in [6, 6.07) is 25.9. The van der Waals surface area contributed by atoms with E-state index < -0.39 is 0 Å². The van der Waals surface area contributed by atoms with Gasteiger partial charge in [0.1, 0.15) is 17.3 Å². The molecule has 1 aliphatic rings. The van der Waals surface area contributed by atoms with E-state index in [-0.39, 0.29) is 11.8 Å². The Bertz CT molecular complexity index is 1320. The third kappa shape index (κ3) is 4.93. The second-order valence-electron chi connectivity index (χ2n) is 8.66. The van der Waals surface area contributed by atoms with Gasteiger partial charge in [0, 0.05) is 48.7 Å². The summed E-state index contributed by atoms with van der Waals surface area (Å²) in [5.74, 6) is 1.48. The van der Waals surface area contributed by atoms with Crippen molar-refractivity contribution in [3.05, 3.63) is 108 Å². The summed E-state index contributed by atoms with van der Waals surface area (Å²) in [5.41, 5.74) is 4.78. The lowest BCUT2D eigenvalue weighted by Gasteiger charge is -2.35. The van der Waals surface area contributed by atoms with Crippen molar-refractivity contribution in [2.75, 3.05) is 31.6 Å². The summed E-state index contributed by atoms with van der Waals surface area (Å²) < 4.78 is 5.25. The van der Waals surface area contributed by atoms with Gasteiger partial charge in [-0.15, -0.1) is 0 Å². The van der Waals surface area contributed by atoms with Gasteiger partial charge in [0.05, 0.1) is 7.11 Å². The first-order valence-electron chi connectivity index (χ1n) is 11.8. The van der Waals surface area contributed by atoms with Gasteiger partial charge in [-0.1, -0.05) is 48.5 Å². The fraction of sp³-hybridized carbons (Fsp3) is 0.207. The summed E-state index contributed by atoms with van der Waals surface area (Å²) in [6.07, 6.45) is 1.79. The minimum absolute atomic E-state index is 0.123. The van der Waals surface area contributed by atoms with E-state index in [1.54, 1.807) is 19.4 Å². The van der Waals surface area contributed by atoms with Gasteiger partial charge in [-0.3, -0.25) is 9.78 Å². The fourth-order valence-corrected chi connectivity index (χ4v) is 4.43. The van der Waals surface area contributed by atoms with Crippen LogP contribution in [0.1, 0.15) is 33.4 Å². The number of ketones is 1. The predicted octanol–water partition coefficient (Wildman–Crippen LogP) is 4.84. The van der Waals surface area contributed by atoms with Gasteiger partial charge in [0.2, 0.25) is 5.78 Å². The monoisotopic (exact) mass is 464 g/mol. The molecule has 1 N–H and O–H groups in total. The number of hydrogen-bond donors (Lipinski definition) is 1. The molecule has 0 saturated carbocycles. The lowest BCUT2D eigenvalue weighted by molar-refractivity contribution is 0.103. The number of methoxy groups -OCH3 is 1. The predicted molar refractivity (Wildman–Crippen MR) is 138 cm³/mol. The molecular formula is C29H28N4O2. The molecule has 6 nitrogen and oxygen atoms in total. The molecule has 0 bridgehead atoms. The van der Waals surface area contributed by atoms with E-state index in [1.165, 1.54) is 5.56 Å². The standard InChI is InChI=1S/C29H28N4O2/c1-20-25(17-23(18-31-20)21-11-13-24(35-2)14-12-21)29(34)26-9-6-10-28(32-26)33-16-15-30-27(19-33)22-7-4-3-5-8-22/h3-14,17-18,27,30H,15-16,19H2,1-2H3. The van der Waals surface area contributed by atoms with E-state index in [0.29, 0.717) is 17.0 Å². The molecule has 3 heterocycles. The molecule has 1 unspecified atom stereocenters. The highest BCUT2D eigenvalue weighted by atomic mass is 16.5. The highest BCUT2D eigenvalue weighted by Crippen LogP contribution is 2.26. The Balaban J connectivity index is 1.40. The Hall–Kier alpha value is -4.03. The molecule has 0 radical (unpaired) electrons. The smallest absolute Gasteiger partial charge is 0.213 e. The number of pyridine rings is 2. The third-order valence-electron chi connectivity index (χ3n) is 6.42. The number of nitrogens with one attached hydrogen (secondary N) is 1. The number of carbonyl (C=O) groups is 1. The minimum atomic E-state index is -0.123. The molecule has 1 saturated heterocycles. The number of carbonyl (C=O) groups excluding carboxylic acids is 1. The van der Waals surface area contributed by atoms with E-state index in [4.69, 9.17) is 9.72 Å². The van der Waals surface area contributed by atoms with Gasteiger partial charge in [-0.05, 0) is 48.4 Å². The van der Waals surface area contributed by atoms with Crippen LogP contribution in [0.25, 0.3) is 11.1 Å². The number of benzene rings is 2. The zero-order valence-corrected chi connectivity index (χ0v) is 19.9. The zero-order chi connectivity index (χ0) is 24.2. The van der Waals surface area contributed by atoms with Crippen LogP contribution in [0.5, 0.6) is 5.75 Å². The highest BCUT2D eigenvalue weighted by Gasteiger charge is 2.23. The topological polar surface area (TPSA) is 67.3 Å². The maximum Gasteiger partial charge on any atom is 0.213 e. The Morgan fingerprint density at radius 2 is 1.80 bits per heavy atom. The van der Waals surface area contributed by atoms with Crippen LogP contribution in [0.3, 0.4) is 0 Å². The zero-order valence-electron chi connectivity index (χ0n) is 19.9. The molecule has 2 aromatic carbocycles. The molecule has 176 valence electrons. The van der Waals surface area contributed by atoms with Gasteiger partial charge in [-0.25, -0.2) is 4.98 Å². The first kappa shape index (κ1) is 22.7. The van der Waals surface area contributed by atoms with Crippen LogP contribution in [0.15, 0.2) is 85.1 Å². The summed E-state index contributed by atoms with van der Waals surface area (Å²) in [4.78, 5) is 25.0. The van der Waals surface area contributed by atoms with Crippen molar-refractivity contribution < 1.29 is 9.53 Å². The SMILES string of the molecule is COc1ccc(-c2cnc(C)c(C(=O)c3cccc(N4CCNC(c5ccccc5)C4)n3)c2)cc1. The third-order valence-corrected chi connectivity index (χ3v) is 6.42. The summed E-state index contributed by atoms with van der Waals surface area (Å²) in [5, 5.41) is 3.58. The van der Waals surface area contributed by atoms with E-state index in [1.807, 2.05) is 55.5 Å². The van der Waals surface area contributed by atoms with Gasteiger partial charge < -0.3 is 15.0 Å². The highest BCUT2D eigenvalue weighted by molar-refractivity contribution is 6.09. The van der Waals surface area contributed by atoms with Crippen molar-refractivity contribution in [1.82, 2.24) is 15.3 Å². The Morgan fingerprint density at radius 1 is 1.00 bits per heavy atom. The second-order valence-corrected chi connectivity index (χ2v) is 8.66. The molecule has 0 spiro atoms. The first-order chi connectivity index (χ1) is 17.1. The maximum absolute atomic E-state index is 13.5. The molecule has 0 amide bonds. The Morgan fingerprint density at radius 3 is 2.57 bits per heavy atom. The Kier molecular flexibility index (Phi) is 6.55. The lowest BCUT2D eigenvalue weighted by atomic mass is 10.0. The van der Waals surface area contributed by atoms with Crippen LogP contribution >= 0.6 is 0 Å². The molecule has 1 aliphatic heterocycles. The average molecular weight is 465 g/mol. The molecule has 1 fully saturated rings. The number of ether oxygens (including phenoxy) is 1. The van der Waals surface area contributed by atoms with Crippen LogP contribution in [0.4, 0.5) is 5.82 Å². The van der Waals surface area contributed by atoms with Crippen LogP contribution in [0.2, 0.25) is 0 Å². The number of nitrogens with zero attached hydrogens (tertiary/aromatic N) is 3. The number of rotatable bonds is 6. The van der Waals surface area contributed by atoms with Crippen molar-refractivity contribution >= 4 is 11.6 Å². The second kappa shape index (κ2) is 10.1.